The molecule has 1 aliphatic carbocycles. The lowest BCUT2D eigenvalue weighted by molar-refractivity contribution is -0.117. The number of anilines is 1. The lowest BCUT2D eigenvalue weighted by Crippen LogP contribution is -2.24. The van der Waals surface area contributed by atoms with Gasteiger partial charge in [0.1, 0.15) is 0 Å². The summed E-state index contributed by atoms with van der Waals surface area (Å²) in [5.41, 5.74) is 4.59. The van der Waals surface area contributed by atoms with Crippen molar-refractivity contribution in [3.05, 3.63) is 65.2 Å². The fourth-order valence-electron chi connectivity index (χ4n) is 3.17. The van der Waals surface area contributed by atoms with Crippen LogP contribution in [0, 0.1) is 0 Å². The van der Waals surface area contributed by atoms with E-state index < -0.39 is 0 Å². The van der Waals surface area contributed by atoms with Crippen molar-refractivity contribution in [3.8, 4) is 0 Å². The molecule has 0 bridgehead atoms. The van der Waals surface area contributed by atoms with E-state index in [1.807, 2.05) is 37.4 Å². The van der Waals surface area contributed by atoms with Gasteiger partial charge in [-0.2, -0.15) is 0 Å². The Hall–Kier alpha value is -1.84. The average molecular weight is 331 g/mol. The largest absolute Gasteiger partial charge is 0.326 e. The smallest absolute Gasteiger partial charge is 0.231 e. The third-order valence-corrected chi connectivity index (χ3v) is 4.29. The highest BCUT2D eigenvalue weighted by molar-refractivity contribution is 5.96. The van der Waals surface area contributed by atoms with Crippen molar-refractivity contribution in [1.82, 2.24) is 5.32 Å². The Bertz CT molecular complexity index is 655. The molecule has 1 unspecified atom stereocenters. The molecule has 3 nitrogen and oxygen atoms in total. The van der Waals surface area contributed by atoms with Crippen molar-refractivity contribution in [2.45, 2.75) is 31.7 Å². The molecule has 23 heavy (non-hydrogen) atoms. The van der Waals surface area contributed by atoms with Gasteiger partial charge in [-0.3, -0.25) is 4.79 Å². The van der Waals surface area contributed by atoms with Crippen LogP contribution in [0.5, 0.6) is 0 Å². The van der Waals surface area contributed by atoms with E-state index in [0.29, 0.717) is 0 Å². The molecule has 2 N–H and O–H groups in total. The number of amides is 1. The third kappa shape index (κ3) is 4.12. The fourth-order valence-corrected chi connectivity index (χ4v) is 3.17. The molecule has 2 aromatic carbocycles. The second-order valence-electron chi connectivity index (χ2n) is 5.86. The van der Waals surface area contributed by atoms with Crippen molar-refractivity contribution in [2.75, 3.05) is 12.4 Å². The highest BCUT2D eigenvalue weighted by Gasteiger charge is 2.26. The minimum absolute atomic E-state index is 0. The van der Waals surface area contributed by atoms with E-state index in [1.54, 1.807) is 0 Å². The van der Waals surface area contributed by atoms with Gasteiger partial charge in [-0.1, -0.05) is 36.4 Å². The molecule has 2 aromatic rings. The maximum atomic E-state index is 12.6. The van der Waals surface area contributed by atoms with E-state index in [4.69, 9.17) is 0 Å². The van der Waals surface area contributed by atoms with E-state index in [1.165, 1.54) is 16.7 Å². The normalized spacial score (nSPS) is 16.1. The Morgan fingerprint density at radius 2 is 1.87 bits per heavy atom. The number of rotatable bonds is 4. The molecule has 0 spiro atoms. The number of nitrogens with one attached hydrogen (secondary N) is 2. The van der Waals surface area contributed by atoms with E-state index in [2.05, 4.69) is 28.8 Å². The Morgan fingerprint density at radius 1 is 1.13 bits per heavy atom. The van der Waals surface area contributed by atoms with E-state index in [0.717, 1.165) is 31.5 Å². The van der Waals surface area contributed by atoms with Crippen molar-refractivity contribution in [3.63, 3.8) is 0 Å². The van der Waals surface area contributed by atoms with Crippen LogP contribution in [-0.2, 0) is 17.8 Å². The Labute approximate surface area is 143 Å². The molecule has 0 aliphatic heterocycles. The molecule has 0 saturated carbocycles. The summed E-state index contributed by atoms with van der Waals surface area (Å²) in [6, 6.07) is 16.3. The van der Waals surface area contributed by atoms with Crippen molar-refractivity contribution in [2.24, 2.45) is 0 Å². The molecular formula is C19H23ClN2O. The number of carbonyl (C=O) groups is 1. The Kier molecular flexibility index (Phi) is 6.20. The second-order valence-corrected chi connectivity index (χ2v) is 5.86. The first-order valence-electron chi connectivity index (χ1n) is 7.90. The van der Waals surface area contributed by atoms with Gasteiger partial charge in [0, 0.05) is 12.2 Å². The van der Waals surface area contributed by atoms with Gasteiger partial charge >= 0.3 is 0 Å². The molecule has 1 atom stereocenters. The van der Waals surface area contributed by atoms with Crippen molar-refractivity contribution >= 4 is 24.0 Å². The van der Waals surface area contributed by atoms with Crippen molar-refractivity contribution < 1.29 is 4.79 Å². The molecule has 3 rings (SSSR count). The van der Waals surface area contributed by atoms with Crippen LogP contribution in [0.15, 0.2) is 48.5 Å². The molecular weight excluding hydrogens is 308 g/mol. The number of carbonyl (C=O) groups excluding carboxylic acids is 1. The minimum atomic E-state index is -0.0260. The molecule has 0 saturated heterocycles. The fraction of sp³-hybridized carbons (Fsp3) is 0.316. The summed E-state index contributed by atoms with van der Waals surface area (Å²) >= 11 is 0. The van der Waals surface area contributed by atoms with Crippen LogP contribution >= 0.6 is 12.4 Å². The first-order chi connectivity index (χ1) is 10.8. The standard InChI is InChI=1S/C19H22N2O.ClH/c1-20-13-14-9-11-16(12-10-14)21-19(22)18-8-4-6-15-5-2-3-7-17(15)18;/h2-3,5,7,9-12,18,20H,4,6,8,13H2,1H3,(H,21,22);1H. The molecule has 122 valence electrons. The molecule has 0 fully saturated rings. The molecule has 1 aliphatic rings. The van der Waals surface area contributed by atoms with Gasteiger partial charge in [0.15, 0.2) is 0 Å². The van der Waals surface area contributed by atoms with Crippen LogP contribution in [0.3, 0.4) is 0 Å². The zero-order chi connectivity index (χ0) is 15.4. The third-order valence-electron chi connectivity index (χ3n) is 4.29. The van der Waals surface area contributed by atoms with Gasteiger partial charge in [0.2, 0.25) is 5.91 Å². The summed E-state index contributed by atoms with van der Waals surface area (Å²) in [5.74, 6) is 0.0791. The summed E-state index contributed by atoms with van der Waals surface area (Å²) in [7, 11) is 1.93. The van der Waals surface area contributed by atoms with Gasteiger partial charge in [-0.05, 0) is 55.1 Å². The quantitative estimate of drug-likeness (QED) is 0.893. The Balaban J connectivity index is 0.00000192. The number of aryl methyl sites for hydroxylation is 1. The highest BCUT2D eigenvalue weighted by atomic mass is 35.5. The maximum Gasteiger partial charge on any atom is 0.231 e. The SMILES string of the molecule is CNCc1ccc(NC(=O)C2CCCc3ccccc32)cc1.Cl. The van der Waals surface area contributed by atoms with Crippen LogP contribution in [0.4, 0.5) is 5.69 Å². The molecule has 4 heteroatoms. The first kappa shape index (κ1) is 17.5. The summed E-state index contributed by atoms with van der Waals surface area (Å²) in [4.78, 5) is 12.6. The minimum Gasteiger partial charge on any atom is -0.326 e. The zero-order valence-electron chi connectivity index (χ0n) is 13.3. The summed E-state index contributed by atoms with van der Waals surface area (Å²) in [5, 5.41) is 6.18. The van der Waals surface area contributed by atoms with Crippen molar-refractivity contribution in [1.29, 1.82) is 0 Å². The van der Waals surface area contributed by atoms with Crippen LogP contribution in [0.25, 0.3) is 0 Å². The van der Waals surface area contributed by atoms with E-state index >= 15 is 0 Å². The zero-order valence-corrected chi connectivity index (χ0v) is 14.2. The Morgan fingerprint density at radius 3 is 2.61 bits per heavy atom. The number of benzene rings is 2. The van der Waals surface area contributed by atoms with Crippen LogP contribution in [0.1, 0.15) is 35.4 Å². The van der Waals surface area contributed by atoms with E-state index in [-0.39, 0.29) is 24.2 Å². The maximum absolute atomic E-state index is 12.6. The summed E-state index contributed by atoms with van der Waals surface area (Å²) in [6.07, 6.45) is 3.09. The van der Waals surface area contributed by atoms with E-state index in [9.17, 15) is 4.79 Å². The summed E-state index contributed by atoms with van der Waals surface area (Å²) < 4.78 is 0. The lowest BCUT2D eigenvalue weighted by atomic mass is 9.82. The predicted molar refractivity (Wildman–Crippen MR) is 97.2 cm³/mol. The topological polar surface area (TPSA) is 41.1 Å². The first-order valence-corrected chi connectivity index (χ1v) is 7.90. The molecule has 0 radical (unpaired) electrons. The number of hydrogen-bond acceptors (Lipinski definition) is 2. The highest BCUT2D eigenvalue weighted by Crippen LogP contribution is 2.32. The number of hydrogen-bond donors (Lipinski definition) is 2. The van der Waals surface area contributed by atoms with Gasteiger partial charge in [0.25, 0.3) is 0 Å². The van der Waals surface area contributed by atoms with Crippen LogP contribution in [-0.4, -0.2) is 13.0 Å². The van der Waals surface area contributed by atoms with Gasteiger partial charge in [-0.25, -0.2) is 0 Å². The lowest BCUT2D eigenvalue weighted by Gasteiger charge is -2.24. The van der Waals surface area contributed by atoms with Gasteiger partial charge in [-0.15, -0.1) is 12.4 Å². The molecule has 0 heterocycles. The number of fused-ring (bicyclic) bond motifs is 1. The monoisotopic (exact) mass is 330 g/mol. The summed E-state index contributed by atoms with van der Waals surface area (Å²) in [6.45, 7) is 0.838. The van der Waals surface area contributed by atoms with Crippen LogP contribution in [0.2, 0.25) is 0 Å². The van der Waals surface area contributed by atoms with Gasteiger partial charge in [0.05, 0.1) is 5.92 Å². The molecule has 1 amide bonds. The molecule has 0 aromatic heterocycles. The average Bonchev–Trinajstić information content (AvgIpc) is 2.56. The van der Waals surface area contributed by atoms with Gasteiger partial charge < -0.3 is 10.6 Å². The second kappa shape index (κ2) is 8.14. The van der Waals surface area contributed by atoms with Crippen LogP contribution < -0.4 is 10.6 Å². The predicted octanol–water partition coefficient (Wildman–Crippen LogP) is 3.89. The number of halogens is 1.